The van der Waals surface area contributed by atoms with E-state index < -0.39 is 46.9 Å². The maximum atomic E-state index is 10.7. The van der Waals surface area contributed by atoms with Crippen LogP contribution in [-0.4, -0.2) is 86.9 Å². The summed E-state index contributed by atoms with van der Waals surface area (Å²) in [4.78, 5) is 0. The summed E-state index contributed by atoms with van der Waals surface area (Å²) in [5.41, 5.74) is -1.13. The number of oxime groups is 1. The van der Waals surface area contributed by atoms with Crippen LogP contribution in [0.15, 0.2) is 5.16 Å². The van der Waals surface area contributed by atoms with Crippen LogP contribution in [0.4, 0.5) is 0 Å². The molecule has 0 spiro atoms. The molecular formula is C16H30NO9S3-. The molecule has 1 heterocycles. The monoisotopic (exact) mass is 476 g/mol. The van der Waals surface area contributed by atoms with Crippen molar-refractivity contribution >= 4 is 39.0 Å². The van der Waals surface area contributed by atoms with Crippen LogP contribution in [0.5, 0.6) is 0 Å². The molecule has 172 valence electrons. The molecule has 1 aliphatic rings. The van der Waals surface area contributed by atoms with Crippen molar-refractivity contribution in [3.05, 3.63) is 0 Å². The highest BCUT2D eigenvalue weighted by Crippen LogP contribution is 2.30. The van der Waals surface area contributed by atoms with Gasteiger partial charge in [0, 0.05) is 0 Å². The third-order valence-corrected chi connectivity index (χ3v) is 6.45. The van der Waals surface area contributed by atoms with Crippen molar-refractivity contribution in [3.63, 3.8) is 0 Å². The van der Waals surface area contributed by atoms with Gasteiger partial charge < -0.3 is 29.7 Å². The van der Waals surface area contributed by atoms with Crippen LogP contribution in [0.25, 0.3) is 0 Å². The molecule has 0 saturated carbocycles. The Morgan fingerprint density at radius 2 is 1.69 bits per heavy atom. The van der Waals surface area contributed by atoms with Gasteiger partial charge in [-0.3, -0.25) is 4.28 Å². The molecule has 13 heteroatoms. The molecule has 1 saturated heterocycles. The van der Waals surface area contributed by atoms with E-state index in [-0.39, 0.29) is 11.5 Å². The van der Waals surface area contributed by atoms with E-state index in [1.54, 1.807) is 0 Å². The molecule has 10 nitrogen and oxygen atoms in total. The topological polar surface area (TPSA) is 169 Å². The van der Waals surface area contributed by atoms with Gasteiger partial charge in [-0.05, 0) is 31.3 Å². The Labute approximate surface area is 180 Å². The van der Waals surface area contributed by atoms with Crippen molar-refractivity contribution in [2.45, 2.75) is 74.8 Å². The molecule has 0 unspecified atom stereocenters. The molecule has 0 aromatic heterocycles. The second-order valence-corrected chi connectivity index (χ2v) is 9.77. The first-order valence-electron chi connectivity index (χ1n) is 9.37. The maximum Gasteiger partial charge on any atom is 0.284 e. The number of hydrogen-bond donors (Lipinski definition) is 4. The summed E-state index contributed by atoms with van der Waals surface area (Å²) in [6.45, 7) is -0.587. The summed E-state index contributed by atoms with van der Waals surface area (Å²) in [5.74, 6) is 1.13. The number of rotatable bonds is 13. The zero-order chi connectivity index (χ0) is 21.9. The average molecular weight is 477 g/mol. The summed E-state index contributed by atoms with van der Waals surface area (Å²) in [6.07, 6.45) is 2.55. The lowest BCUT2D eigenvalue weighted by Crippen LogP contribution is -2.57. The van der Waals surface area contributed by atoms with Crippen LogP contribution < -0.4 is 0 Å². The number of unbranched alkanes of at least 4 members (excludes halogenated alkanes) is 5. The molecule has 0 aromatic rings. The third kappa shape index (κ3) is 10.6. The van der Waals surface area contributed by atoms with E-state index in [0.29, 0.717) is 6.42 Å². The van der Waals surface area contributed by atoms with Crippen LogP contribution >= 0.6 is 23.5 Å². The van der Waals surface area contributed by atoms with Gasteiger partial charge in [0.05, 0.1) is 6.61 Å². The molecule has 4 N–H and O–H groups in total. The summed E-state index contributed by atoms with van der Waals surface area (Å²) >= 11 is 2.59. The zero-order valence-corrected chi connectivity index (χ0v) is 18.7. The molecule has 0 radical (unpaired) electrons. The van der Waals surface area contributed by atoms with E-state index in [1.807, 2.05) is 11.8 Å². The fraction of sp³-hybridized carbons (Fsp3) is 0.938. The minimum Gasteiger partial charge on any atom is -0.714 e. The smallest absolute Gasteiger partial charge is 0.284 e. The van der Waals surface area contributed by atoms with E-state index in [4.69, 9.17) is 4.74 Å². The maximum absolute atomic E-state index is 10.7. The molecule has 5 atom stereocenters. The van der Waals surface area contributed by atoms with Gasteiger partial charge in [0.25, 0.3) is 10.4 Å². The van der Waals surface area contributed by atoms with Crippen LogP contribution in [0, 0.1) is 0 Å². The van der Waals surface area contributed by atoms with Gasteiger partial charge in [-0.15, -0.1) is 0 Å². The zero-order valence-electron chi connectivity index (χ0n) is 16.3. The van der Waals surface area contributed by atoms with Crippen LogP contribution in [0.1, 0.15) is 44.9 Å². The van der Waals surface area contributed by atoms with Crippen LogP contribution in [0.3, 0.4) is 0 Å². The fourth-order valence-electron chi connectivity index (χ4n) is 2.74. The Hall–Kier alpha value is -0.120. The van der Waals surface area contributed by atoms with Crippen molar-refractivity contribution in [2.75, 3.05) is 18.6 Å². The standard InChI is InChI=1S/C16H31NO9S3/c1-27-9-7-5-3-2-4-6-8-12(17-26-29(22,23)24)28-16-15(21)14(20)13(19)11(10-18)25-16/h11,13-16,18-21H,2-10H2,1H3,(H,22,23,24)/p-1/b17-12+/t11-,13-,14+,15-,16+/m1/s1. The average Bonchev–Trinajstić information content (AvgIpc) is 2.67. The van der Waals surface area contributed by atoms with Crippen molar-refractivity contribution in [2.24, 2.45) is 5.16 Å². The number of ether oxygens (including phenoxy) is 1. The normalized spacial score (nSPS) is 28.5. The van der Waals surface area contributed by atoms with Gasteiger partial charge in [-0.1, -0.05) is 42.6 Å². The van der Waals surface area contributed by atoms with E-state index in [9.17, 15) is 33.4 Å². The van der Waals surface area contributed by atoms with Gasteiger partial charge in [0.2, 0.25) is 0 Å². The molecular weight excluding hydrogens is 446 g/mol. The van der Waals surface area contributed by atoms with E-state index >= 15 is 0 Å². The minimum absolute atomic E-state index is 0.0936. The molecule has 0 amide bonds. The summed E-state index contributed by atoms with van der Waals surface area (Å²) in [6, 6.07) is 0. The number of thioether (sulfide) groups is 2. The molecule has 29 heavy (non-hydrogen) atoms. The first-order chi connectivity index (χ1) is 13.7. The van der Waals surface area contributed by atoms with Gasteiger partial charge in [-0.2, -0.15) is 20.2 Å². The number of aliphatic hydroxyl groups is 4. The molecule has 1 aliphatic heterocycles. The quantitative estimate of drug-likeness (QED) is 0.0725. The van der Waals surface area contributed by atoms with Gasteiger partial charge in [0.1, 0.15) is 34.9 Å². The Morgan fingerprint density at radius 3 is 2.28 bits per heavy atom. The lowest BCUT2D eigenvalue weighted by molar-refractivity contribution is -0.205. The first-order valence-corrected chi connectivity index (χ1v) is 13.0. The predicted molar refractivity (Wildman–Crippen MR) is 110 cm³/mol. The number of nitrogens with zero attached hydrogens (tertiary/aromatic N) is 1. The lowest BCUT2D eigenvalue weighted by Gasteiger charge is -2.39. The highest BCUT2D eigenvalue weighted by molar-refractivity contribution is 8.14. The van der Waals surface area contributed by atoms with Crippen molar-refractivity contribution in [3.8, 4) is 0 Å². The second-order valence-electron chi connectivity index (χ2n) is 6.65. The Morgan fingerprint density at radius 1 is 1.07 bits per heavy atom. The van der Waals surface area contributed by atoms with Crippen molar-refractivity contribution < 1.29 is 42.4 Å². The Kier molecular flexibility index (Phi) is 13.0. The molecule has 0 aliphatic carbocycles. The van der Waals surface area contributed by atoms with E-state index in [0.717, 1.165) is 49.6 Å². The van der Waals surface area contributed by atoms with Crippen molar-refractivity contribution in [1.29, 1.82) is 0 Å². The Balaban J connectivity index is 2.61. The summed E-state index contributed by atoms with van der Waals surface area (Å²) in [5, 5.41) is 42.5. The molecule has 1 rings (SSSR count). The van der Waals surface area contributed by atoms with Crippen LogP contribution in [-0.2, 0) is 19.4 Å². The van der Waals surface area contributed by atoms with Gasteiger partial charge in [-0.25, -0.2) is 0 Å². The highest BCUT2D eigenvalue weighted by atomic mass is 32.3. The summed E-state index contributed by atoms with van der Waals surface area (Å²) in [7, 11) is -5.04. The van der Waals surface area contributed by atoms with Gasteiger partial charge >= 0.3 is 0 Å². The first kappa shape index (κ1) is 26.9. The van der Waals surface area contributed by atoms with Crippen molar-refractivity contribution in [1.82, 2.24) is 0 Å². The SMILES string of the molecule is CSCCCCCCCC/C(=N\OS(=O)(=O)[O-])S[C@@H]1O[C@H](CO)[C@@H](O)[C@H](O)[C@H]1O. The number of aliphatic hydroxyl groups excluding tert-OH is 4. The largest absolute Gasteiger partial charge is 0.714 e. The summed E-state index contributed by atoms with van der Waals surface area (Å²) < 4.78 is 41.5. The van der Waals surface area contributed by atoms with E-state index in [2.05, 4.69) is 15.7 Å². The minimum atomic E-state index is -5.04. The third-order valence-electron chi connectivity index (χ3n) is 4.32. The van der Waals surface area contributed by atoms with Crippen LogP contribution in [0.2, 0.25) is 0 Å². The fourth-order valence-corrected chi connectivity index (χ4v) is 4.57. The number of hydrogen-bond acceptors (Lipinski definition) is 12. The molecule has 1 fully saturated rings. The lowest BCUT2D eigenvalue weighted by atomic mass is 10.0. The van der Waals surface area contributed by atoms with E-state index in [1.165, 1.54) is 0 Å². The van der Waals surface area contributed by atoms with Gasteiger partial charge in [0.15, 0.2) is 0 Å². The molecule has 0 aromatic carbocycles. The molecule has 0 bridgehead atoms. The predicted octanol–water partition coefficient (Wildman–Crippen LogP) is 0.403. The highest BCUT2D eigenvalue weighted by Gasteiger charge is 2.44. The second kappa shape index (κ2) is 14.0. The Bertz CT molecular complexity index is 588.